The normalized spacial score (nSPS) is 10.9. The summed E-state index contributed by atoms with van der Waals surface area (Å²) in [7, 11) is 0. The van der Waals surface area contributed by atoms with Crippen molar-refractivity contribution in [3.63, 3.8) is 0 Å². The molecule has 0 aliphatic carbocycles. The summed E-state index contributed by atoms with van der Waals surface area (Å²) in [5.41, 5.74) is 1.72. The van der Waals surface area contributed by atoms with Gasteiger partial charge in [-0.3, -0.25) is 4.68 Å². The SMILES string of the molecule is OCCn1cc(NCc2c(O)ccc3ccccc23)cn1. The molecule has 0 amide bonds. The topological polar surface area (TPSA) is 70.3 Å². The molecule has 0 spiro atoms. The van der Waals surface area contributed by atoms with E-state index in [0.717, 1.165) is 22.0 Å². The third kappa shape index (κ3) is 2.83. The molecule has 0 fully saturated rings. The summed E-state index contributed by atoms with van der Waals surface area (Å²) >= 11 is 0. The fraction of sp³-hybridized carbons (Fsp3) is 0.188. The number of aliphatic hydroxyl groups excluding tert-OH is 1. The molecule has 0 radical (unpaired) electrons. The molecule has 1 aromatic heterocycles. The van der Waals surface area contributed by atoms with Gasteiger partial charge < -0.3 is 15.5 Å². The van der Waals surface area contributed by atoms with Gasteiger partial charge in [0.1, 0.15) is 5.75 Å². The summed E-state index contributed by atoms with van der Waals surface area (Å²) in [4.78, 5) is 0. The first kappa shape index (κ1) is 13.5. The summed E-state index contributed by atoms with van der Waals surface area (Å²) in [6.07, 6.45) is 3.54. The van der Waals surface area contributed by atoms with E-state index >= 15 is 0 Å². The van der Waals surface area contributed by atoms with Gasteiger partial charge in [-0.25, -0.2) is 0 Å². The summed E-state index contributed by atoms with van der Waals surface area (Å²) in [5, 5.41) is 28.5. The number of hydrogen-bond acceptors (Lipinski definition) is 4. The van der Waals surface area contributed by atoms with Crippen molar-refractivity contribution < 1.29 is 10.2 Å². The molecule has 0 unspecified atom stereocenters. The monoisotopic (exact) mass is 283 g/mol. The van der Waals surface area contributed by atoms with Gasteiger partial charge in [0.2, 0.25) is 0 Å². The van der Waals surface area contributed by atoms with E-state index in [2.05, 4.69) is 10.4 Å². The number of aromatic hydroxyl groups is 1. The average molecular weight is 283 g/mol. The van der Waals surface area contributed by atoms with Crippen LogP contribution in [0.1, 0.15) is 5.56 Å². The second-order valence-electron chi connectivity index (χ2n) is 4.85. The minimum atomic E-state index is 0.0607. The van der Waals surface area contributed by atoms with Crippen LogP contribution in [0.15, 0.2) is 48.8 Å². The lowest BCUT2D eigenvalue weighted by molar-refractivity contribution is 0.269. The molecule has 0 aliphatic heterocycles. The third-order valence-electron chi connectivity index (χ3n) is 3.45. The predicted octanol–water partition coefficient (Wildman–Crippen LogP) is 2.35. The van der Waals surface area contributed by atoms with Crippen molar-refractivity contribution in [2.24, 2.45) is 0 Å². The van der Waals surface area contributed by atoms with Crippen LogP contribution in [0.2, 0.25) is 0 Å². The number of nitrogens with one attached hydrogen (secondary N) is 1. The highest BCUT2D eigenvalue weighted by Gasteiger charge is 2.07. The van der Waals surface area contributed by atoms with E-state index in [0.29, 0.717) is 13.1 Å². The van der Waals surface area contributed by atoms with Gasteiger partial charge in [0.15, 0.2) is 0 Å². The molecule has 0 bridgehead atoms. The standard InChI is InChI=1S/C16H17N3O2/c20-8-7-19-11-13(9-18-19)17-10-15-14-4-2-1-3-12(14)5-6-16(15)21/h1-6,9,11,17,20-21H,7-8,10H2. The molecule has 0 saturated heterocycles. The Hall–Kier alpha value is -2.53. The molecule has 3 aromatic rings. The van der Waals surface area contributed by atoms with Crippen LogP contribution in [0.3, 0.4) is 0 Å². The number of nitrogens with zero attached hydrogens (tertiary/aromatic N) is 2. The van der Waals surface area contributed by atoms with Crippen LogP contribution in [-0.4, -0.2) is 26.6 Å². The summed E-state index contributed by atoms with van der Waals surface area (Å²) < 4.78 is 1.67. The number of benzene rings is 2. The zero-order valence-corrected chi connectivity index (χ0v) is 11.5. The van der Waals surface area contributed by atoms with E-state index in [4.69, 9.17) is 5.11 Å². The molecule has 5 nitrogen and oxygen atoms in total. The highest BCUT2D eigenvalue weighted by atomic mass is 16.3. The number of anilines is 1. The number of rotatable bonds is 5. The molecule has 0 atom stereocenters. The van der Waals surface area contributed by atoms with Gasteiger partial charge >= 0.3 is 0 Å². The van der Waals surface area contributed by atoms with Crippen LogP contribution >= 0.6 is 0 Å². The van der Waals surface area contributed by atoms with E-state index in [1.54, 1.807) is 16.9 Å². The molecule has 1 heterocycles. The minimum Gasteiger partial charge on any atom is -0.508 e. The van der Waals surface area contributed by atoms with Crippen molar-refractivity contribution in [3.05, 3.63) is 54.4 Å². The van der Waals surface area contributed by atoms with Crippen molar-refractivity contribution in [1.29, 1.82) is 0 Å². The first-order valence-corrected chi connectivity index (χ1v) is 6.84. The molecule has 2 aromatic carbocycles. The van der Waals surface area contributed by atoms with E-state index in [1.165, 1.54) is 0 Å². The first-order chi connectivity index (χ1) is 10.3. The van der Waals surface area contributed by atoms with Crippen molar-refractivity contribution in [2.45, 2.75) is 13.1 Å². The first-order valence-electron chi connectivity index (χ1n) is 6.84. The molecule has 21 heavy (non-hydrogen) atoms. The molecular weight excluding hydrogens is 266 g/mol. The lowest BCUT2D eigenvalue weighted by Crippen LogP contribution is -2.02. The Morgan fingerprint density at radius 3 is 2.86 bits per heavy atom. The van der Waals surface area contributed by atoms with E-state index in [9.17, 15) is 5.11 Å². The Bertz CT molecular complexity index is 752. The van der Waals surface area contributed by atoms with Gasteiger partial charge in [-0.1, -0.05) is 30.3 Å². The number of hydrogen-bond donors (Lipinski definition) is 3. The number of aromatic nitrogens is 2. The van der Waals surface area contributed by atoms with Crippen LogP contribution in [0, 0.1) is 0 Å². The van der Waals surface area contributed by atoms with Crippen molar-refractivity contribution >= 4 is 16.5 Å². The zero-order chi connectivity index (χ0) is 14.7. The molecule has 5 heteroatoms. The second kappa shape index (κ2) is 5.85. The second-order valence-corrected chi connectivity index (χ2v) is 4.85. The largest absolute Gasteiger partial charge is 0.508 e. The Kier molecular flexibility index (Phi) is 3.75. The summed E-state index contributed by atoms with van der Waals surface area (Å²) in [6.45, 7) is 1.05. The third-order valence-corrected chi connectivity index (χ3v) is 3.45. The van der Waals surface area contributed by atoms with Gasteiger partial charge in [0.05, 0.1) is 25.0 Å². The van der Waals surface area contributed by atoms with Crippen molar-refractivity contribution in [1.82, 2.24) is 9.78 Å². The minimum absolute atomic E-state index is 0.0607. The van der Waals surface area contributed by atoms with Gasteiger partial charge in [-0.15, -0.1) is 0 Å². The Morgan fingerprint density at radius 1 is 1.14 bits per heavy atom. The fourth-order valence-electron chi connectivity index (χ4n) is 2.38. The highest BCUT2D eigenvalue weighted by Crippen LogP contribution is 2.27. The molecule has 3 rings (SSSR count). The molecule has 0 saturated carbocycles. The summed E-state index contributed by atoms with van der Waals surface area (Å²) in [6, 6.07) is 11.6. The smallest absolute Gasteiger partial charge is 0.121 e. The van der Waals surface area contributed by atoms with E-state index < -0.39 is 0 Å². The van der Waals surface area contributed by atoms with Crippen LogP contribution < -0.4 is 5.32 Å². The Balaban J connectivity index is 1.82. The van der Waals surface area contributed by atoms with Crippen LogP contribution in [0.5, 0.6) is 5.75 Å². The van der Waals surface area contributed by atoms with Crippen LogP contribution in [0.25, 0.3) is 10.8 Å². The number of aliphatic hydroxyl groups is 1. The zero-order valence-electron chi connectivity index (χ0n) is 11.5. The Morgan fingerprint density at radius 2 is 2.00 bits per heavy atom. The number of phenols is 1. The maximum Gasteiger partial charge on any atom is 0.121 e. The quantitative estimate of drug-likeness (QED) is 0.672. The van der Waals surface area contributed by atoms with E-state index in [1.807, 2.05) is 36.5 Å². The van der Waals surface area contributed by atoms with Crippen molar-refractivity contribution in [2.75, 3.05) is 11.9 Å². The highest BCUT2D eigenvalue weighted by molar-refractivity contribution is 5.87. The number of fused-ring (bicyclic) bond motifs is 1. The maximum absolute atomic E-state index is 10.1. The van der Waals surface area contributed by atoms with Gasteiger partial charge in [-0.05, 0) is 16.8 Å². The lowest BCUT2D eigenvalue weighted by atomic mass is 10.0. The Labute approximate surface area is 122 Å². The predicted molar refractivity (Wildman–Crippen MR) is 82.3 cm³/mol. The van der Waals surface area contributed by atoms with Crippen LogP contribution in [-0.2, 0) is 13.1 Å². The molecule has 3 N–H and O–H groups in total. The van der Waals surface area contributed by atoms with Gasteiger partial charge in [-0.2, -0.15) is 5.10 Å². The lowest BCUT2D eigenvalue weighted by Gasteiger charge is -2.10. The molecule has 0 aliphatic rings. The van der Waals surface area contributed by atoms with Crippen LogP contribution in [0.4, 0.5) is 5.69 Å². The maximum atomic E-state index is 10.1. The van der Waals surface area contributed by atoms with Crippen molar-refractivity contribution in [3.8, 4) is 5.75 Å². The summed E-state index contributed by atoms with van der Waals surface area (Å²) in [5.74, 6) is 0.281. The van der Waals surface area contributed by atoms with Gasteiger partial charge in [0.25, 0.3) is 0 Å². The number of phenolic OH excluding ortho intramolecular Hbond substituents is 1. The fourth-order valence-corrected chi connectivity index (χ4v) is 2.38. The van der Waals surface area contributed by atoms with E-state index in [-0.39, 0.29) is 12.4 Å². The van der Waals surface area contributed by atoms with Gasteiger partial charge in [0, 0.05) is 18.3 Å². The average Bonchev–Trinajstić information content (AvgIpc) is 2.94. The molecule has 108 valence electrons. The molecular formula is C16H17N3O2.